The third-order valence-electron chi connectivity index (χ3n) is 17.2. The number of benzene rings is 13. The summed E-state index contributed by atoms with van der Waals surface area (Å²) >= 11 is 0. The summed E-state index contributed by atoms with van der Waals surface area (Å²) in [4.78, 5) is 0. The molecule has 0 fully saturated rings. The standard InChI is InChI=1S/C69H54/c1-33(2)39-29-38-17-18-40(34(3)4)63-51-27-28-53-67-52(26-25-50(66(51)67)56(30-39)61(38)63)68-59(35(5)6)57-32-55-49-24-22-47-45-20-19-42(41-14-11-10-13-37(41)9)43-15-12-16-44(62(43)45)46-21-23-48(65(49)64(46)47)54(55)31-58(57)60(36(7)8)69(53)68/h10-36H,1-9H3. The fraction of sp³-hybridized carbons (Fsp3) is 0.188. The van der Waals surface area contributed by atoms with Crippen LogP contribution in [0, 0.1) is 6.92 Å². The lowest BCUT2D eigenvalue weighted by atomic mass is 9.83. The summed E-state index contributed by atoms with van der Waals surface area (Å²) in [6.45, 7) is 21.4. The van der Waals surface area contributed by atoms with Crippen molar-refractivity contribution in [2.75, 3.05) is 0 Å². The Morgan fingerprint density at radius 3 is 1.32 bits per heavy atom. The van der Waals surface area contributed by atoms with E-state index in [0.717, 1.165) is 0 Å². The molecule has 15 aromatic rings. The van der Waals surface area contributed by atoms with E-state index in [0.29, 0.717) is 23.7 Å². The van der Waals surface area contributed by atoms with Crippen molar-refractivity contribution in [1.29, 1.82) is 0 Å². The van der Waals surface area contributed by atoms with E-state index in [1.807, 2.05) is 0 Å². The highest BCUT2D eigenvalue weighted by Crippen LogP contribution is 2.55. The summed E-state index contributed by atoms with van der Waals surface area (Å²) < 4.78 is 0. The summed E-state index contributed by atoms with van der Waals surface area (Å²) in [6, 6.07) is 55.4. The van der Waals surface area contributed by atoms with Gasteiger partial charge in [0.1, 0.15) is 0 Å². The number of hydrogen-bond acceptors (Lipinski definition) is 0. The third-order valence-corrected chi connectivity index (χ3v) is 17.2. The number of fused-ring (bicyclic) bond motifs is 11. The zero-order chi connectivity index (χ0) is 46.6. The first-order valence-corrected chi connectivity index (χ1v) is 25.6. The Bertz CT molecular complexity index is 4570. The van der Waals surface area contributed by atoms with E-state index in [-0.39, 0.29) is 0 Å². The molecule has 0 spiro atoms. The van der Waals surface area contributed by atoms with Gasteiger partial charge in [-0.25, -0.2) is 0 Å². The lowest BCUT2D eigenvalue weighted by molar-refractivity contribution is 0.869. The van der Waals surface area contributed by atoms with Crippen molar-refractivity contribution in [2.45, 2.75) is 86.0 Å². The molecule has 0 nitrogen and oxygen atoms in total. The molecule has 69 heavy (non-hydrogen) atoms. The van der Waals surface area contributed by atoms with E-state index in [1.54, 1.807) is 0 Å². The zero-order valence-corrected chi connectivity index (χ0v) is 41.1. The lowest BCUT2D eigenvalue weighted by Crippen LogP contribution is -1.98. The van der Waals surface area contributed by atoms with Gasteiger partial charge in [0.15, 0.2) is 0 Å². The quantitative estimate of drug-likeness (QED) is 0.119. The molecule has 0 unspecified atom stereocenters. The zero-order valence-electron chi connectivity index (χ0n) is 41.1. The predicted molar refractivity (Wildman–Crippen MR) is 305 cm³/mol. The van der Waals surface area contributed by atoms with Crippen LogP contribution in [0.3, 0.4) is 0 Å². The van der Waals surface area contributed by atoms with E-state index in [2.05, 4.69) is 202 Å². The average Bonchev–Trinajstić information content (AvgIpc) is 3.85. The van der Waals surface area contributed by atoms with Gasteiger partial charge in [-0.15, -0.1) is 0 Å². The summed E-state index contributed by atoms with van der Waals surface area (Å²) in [6.07, 6.45) is 0. The van der Waals surface area contributed by atoms with Crippen LogP contribution in [0.4, 0.5) is 0 Å². The topological polar surface area (TPSA) is 0 Å². The van der Waals surface area contributed by atoms with Gasteiger partial charge in [0, 0.05) is 0 Å². The molecule has 0 saturated heterocycles. The Labute approximate surface area is 402 Å². The van der Waals surface area contributed by atoms with E-state index >= 15 is 0 Å². The Morgan fingerprint density at radius 2 is 0.739 bits per heavy atom. The van der Waals surface area contributed by atoms with Crippen LogP contribution in [-0.4, -0.2) is 0 Å². The van der Waals surface area contributed by atoms with Crippen molar-refractivity contribution in [3.8, 4) is 11.1 Å². The minimum atomic E-state index is 0.317. The maximum absolute atomic E-state index is 2.62. The second kappa shape index (κ2) is 13.5. The molecule has 0 atom stereocenters. The van der Waals surface area contributed by atoms with Gasteiger partial charge < -0.3 is 0 Å². The minimum absolute atomic E-state index is 0.317. The normalized spacial score (nSPS) is 13.2. The summed E-state index contributed by atoms with van der Waals surface area (Å²) in [5.41, 5.74) is 9.76. The molecule has 0 amide bonds. The van der Waals surface area contributed by atoms with Crippen molar-refractivity contribution < 1.29 is 0 Å². The molecule has 0 radical (unpaired) electrons. The number of rotatable bonds is 5. The smallest absolute Gasteiger partial charge is 0.00137 e. The van der Waals surface area contributed by atoms with Gasteiger partial charge in [-0.3, -0.25) is 0 Å². The fourth-order valence-electron chi connectivity index (χ4n) is 14.3. The molecular formula is C69H54. The summed E-state index contributed by atoms with van der Waals surface area (Å²) in [5, 5.41) is 36.3. The van der Waals surface area contributed by atoms with E-state index < -0.39 is 0 Å². The van der Waals surface area contributed by atoms with Crippen molar-refractivity contribution >= 4 is 140 Å². The van der Waals surface area contributed by atoms with Gasteiger partial charge in [0.05, 0.1) is 0 Å². The molecule has 0 heteroatoms. The summed E-state index contributed by atoms with van der Waals surface area (Å²) in [5.74, 6) is 1.49. The van der Waals surface area contributed by atoms with Crippen molar-refractivity contribution in [2.24, 2.45) is 0 Å². The molecule has 0 saturated carbocycles. The maximum atomic E-state index is 2.62. The Balaban J connectivity index is 1.08. The van der Waals surface area contributed by atoms with Gasteiger partial charge in [-0.1, -0.05) is 183 Å². The lowest BCUT2D eigenvalue weighted by Gasteiger charge is -2.20. The SMILES string of the molecule is Cc1ccccc1-c1ccc2c3ccc4c5cc6c(C(C)C)c7c8ccc9c%10cc(C(C)C)cc%11ccc(C(C)C)c(c%12ccc(c7c(C(C)C)c6cc5c5ccc(c6cccc1c26)c3c45)c8c9%12)c%11%10. The van der Waals surface area contributed by atoms with Crippen LogP contribution in [0.15, 0.2) is 140 Å². The van der Waals surface area contributed by atoms with Crippen LogP contribution >= 0.6 is 0 Å². The largest absolute Gasteiger partial charge is 0.0620 e. The molecule has 0 aliphatic heterocycles. The predicted octanol–water partition coefficient (Wildman–Crippen LogP) is 20.9. The van der Waals surface area contributed by atoms with Crippen LogP contribution in [0.5, 0.6) is 0 Å². The van der Waals surface area contributed by atoms with Crippen LogP contribution in [0.1, 0.15) is 107 Å². The summed E-state index contributed by atoms with van der Waals surface area (Å²) in [7, 11) is 0. The maximum Gasteiger partial charge on any atom is -0.00137 e. The highest BCUT2D eigenvalue weighted by Gasteiger charge is 2.29. The highest BCUT2D eigenvalue weighted by atomic mass is 14.3. The van der Waals surface area contributed by atoms with Crippen molar-refractivity contribution in [3.63, 3.8) is 0 Å². The molecule has 15 aromatic carbocycles. The molecule has 0 heterocycles. The molecule has 0 aliphatic carbocycles. The van der Waals surface area contributed by atoms with Crippen LogP contribution in [-0.2, 0) is 0 Å². The van der Waals surface area contributed by atoms with Gasteiger partial charge in [-0.2, -0.15) is 0 Å². The Morgan fingerprint density at radius 1 is 0.261 bits per heavy atom. The van der Waals surface area contributed by atoms with E-state index in [1.165, 1.54) is 179 Å². The minimum Gasteiger partial charge on any atom is -0.0620 e. The van der Waals surface area contributed by atoms with E-state index in [9.17, 15) is 0 Å². The Hall–Kier alpha value is -7.28. The van der Waals surface area contributed by atoms with Crippen molar-refractivity contribution in [1.82, 2.24) is 0 Å². The van der Waals surface area contributed by atoms with Crippen LogP contribution in [0.2, 0.25) is 0 Å². The molecule has 0 aromatic heterocycles. The number of aryl methyl sites for hydroxylation is 1. The van der Waals surface area contributed by atoms with Gasteiger partial charge in [0.25, 0.3) is 0 Å². The van der Waals surface area contributed by atoms with Gasteiger partial charge in [-0.05, 0) is 222 Å². The molecule has 0 N–H and O–H groups in total. The first kappa shape index (κ1) is 39.7. The Kier molecular flexibility index (Phi) is 7.76. The third kappa shape index (κ3) is 4.85. The van der Waals surface area contributed by atoms with Crippen LogP contribution in [0.25, 0.3) is 151 Å². The average molecular weight is 883 g/mol. The molecule has 330 valence electrons. The van der Waals surface area contributed by atoms with Crippen molar-refractivity contribution in [3.05, 3.63) is 167 Å². The molecule has 0 aliphatic rings. The second-order valence-corrected chi connectivity index (χ2v) is 22.2. The monoisotopic (exact) mass is 882 g/mol. The molecule has 0 bridgehead atoms. The first-order valence-electron chi connectivity index (χ1n) is 25.6. The molecular weight excluding hydrogens is 829 g/mol. The number of hydrogen-bond donors (Lipinski definition) is 0. The van der Waals surface area contributed by atoms with E-state index in [4.69, 9.17) is 0 Å². The van der Waals surface area contributed by atoms with Gasteiger partial charge in [0.2, 0.25) is 0 Å². The van der Waals surface area contributed by atoms with Crippen LogP contribution < -0.4 is 0 Å². The molecule has 15 rings (SSSR count). The fourth-order valence-corrected chi connectivity index (χ4v) is 14.3. The highest BCUT2D eigenvalue weighted by molar-refractivity contribution is 6.46. The first-order chi connectivity index (χ1) is 33.5. The second-order valence-electron chi connectivity index (χ2n) is 22.2. The van der Waals surface area contributed by atoms with Gasteiger partial charge >= 0.3 is 0 Å².